The van der Waals surface area contributed by atoms with Gasteiger partial charge >= 0.3 is 0 Å². The molecule has 6 rings (SSSR count). The van der Waals surface area contributed by atoms with Crippen molar-refractivity contribution in [3.05, 3.63) is 142 Å². The van der Waals surface area contributed by atoms with Crippen LogP contribution in [0.4, 0.5) is 0 Å². The highest BCUT2D eigenvalue weighted by molar-refractivity contribution is 7.10. The van der Waals surface area contributed by atoms with Gasteiger partial charge in [0.15, 0.2) is 0 Å². The number of hydrogen-bond donors (Lipinski definition) is 0. The molecule has 2 aliphatic carbocycles. The van der Waals surface area contributed by atoms with Gasteiger partial charge in [-0.15, -0.1) is 0 Å². The molecule has 0 aliphatic heterocycles. The fraction of sp³-hybridized carbons (Fsp3) is 0.222. The van der Waals surface area contributed by atoms with Crippen LogP contribution in [0.25, 0.3) is 21.5 Å². The van der Waals surface area contributed by atoms with Crippen LogP contribution in [0, 0.1) is 0 Å². The van der Waals surface area contributed by atoms with E-state index in [0.717, 1.165) is 25.7 Å². The lowest BCUT2D eigenvalue weighted by Crippen LogP contribution is -2.31. The molecule has 0 bridgehead atoms. The van der Waals surface area contributed by atoms with Crippen molar-refractivity contribution in [2.75, 3.05) is 0 Å². The van der Waals surface area contributed by atoms with Crippen molar-refractivity contribution in [2.45, 2.75) is 52.6 Å². The highest BCUT2D eigenvalue weighted by Crippen LogP contribution is 2.52. The molecule has 0 spiro atoms. The zero-order valence-corrected chi connectivity index (χ0v) is 23.6. The first kappa shape index (κ1) is 23.9. The average molecular weight is 497 g/mol. The zero-order chi connectivity index (χ0) is 25.6. The van der Waals surface area contributed by atoms with Crippen molar-refractivity contribution >= 4 is 29.6 Å². The number of allylic oxidation sites excluding steroid dienone is 2. The lowest BCUT2D eigenvalue weighted by atomic mass is 9.96. The van der Waals surface area contributed by atoms with Gasteiger partial charge in [-0.1, -0.05) is 124 Å². The van der Waals surface area contributed by atoms with Crippen LogP contribution in [0.1, 0.15) is 58.4 Å². The molecule has 1 heteroatoms. The van der Waals surface area contributed by atoms with Crippen LogP contribution < -0.4 is 0 Å². The Bertz CT molecular complexity index is 1450. The van der Waals surface area contributed by atoms with Gasteiger partial charge in [0.1, 0.15) is 8.07 Å². The van der Waals surface area contributed by atoms with Crippen molar-refractivity contribution < 1.29 is 0 Å². The highest BCUT2D eigenvalue weighted by atomic mass is 28.3. The molecule has 0 radical (unpaired) electrons. The van der Waals surface area contributed by atoms with Crippen LogP contribution in [0.15, 0.2) is 97.1 Å². The summed E-state index contributed by atoms with van der Waals surface area (Å²) in [7, 11) is -2.14. The Hall–Kier alpha value is -3.42. The smallest absolute Gasteiger partial charge is 0.0620 e. The summed E-state index contributed by atoms with van der Waals surface area (Å²) in [5, 5.41) is 3.28. The molecule has 0 unspecified atom stereocenters. The fourth-order valence-electron chi connectivity index (χ4n) is 6.98. The van der Waals surface area contributed by atoms with E-state index in [1.807, 2.05) is 0 Å². The Kier molecular flexibility index (Phi) is 6.13. The molecule has 37 heavy (non-hydrogen) atoms. The average Bonchev–Trinajstić information content (AvgIpc) is 3.53. The molecular weight excluding hydrogens is 460 g/mol. The van der Waals surface area contributed by atoms with Gasteiger partial charge in [0.25, 0.3) is 0 Å². The van der Waals surface area contributed by atoms with Crippen LogP contribution >= 0.6 is 0 Å². The first-order valence-electron chi connectivity index (χ1n) is 13.8. The molecule has 0 N–H and O–H groups in total. The van der Waals surface area contributed by atoms with Crippen molar-refractivity contribution in [1.82, 2.24) is 0 Å². The summed E-state index contributed by atoms with van der Waals surface area (Å²) < 4.78 is 0. The summed E-state index contributed by atoms with van der Waals surface area (Å²) in [6.45, 7) is 9.81. The van der Waals surface area contributed by atoms with E-state index in [2.05, 4.69) is 124 Å². The molecule has 0 aromatic heterocycles. The van der Waals surface area contributed by atoms with Gasteiger partial charge in [0, 0.05) is 0 Å². The molecule has 0 amide bonds. The Morgan fingerprint density at radius 2 is 0.838 bits per heavy atom. The monoisotopic (exact) mass is 496 g/mol. The Labute approximate surface area is 223 Å². The third-order valence-corrected chi connectivity index (χ3v) is 12.3. The Morgan fingerprint density at radius 1 is 0.486 bits per heavy atom. The van der Waals surface area contributed by atoms with E-state index in [-0.39, 0.29) is 0 Å². The predicted octanol–water partition coefficient (Wildman–Crippen LogP) is 9.23. The van der Waals surface area contributed by atoms with Crippen molar-refractivity contribution in [3.63, 3.8) is 0 Å². The second-order valence-electron chi connectivity index (χ2n) is 11.0. The van der Waals surface area contributed by atoms with Gasteiger partial charge in [-0.3, -0.25) is 0 Å². The van der Waals surface area contributed by atoms with Crippen molar-refractivity contribution in [2.24, 2.45) is 0 Å². The number of aryl methyl sites for hydroxylation is 2. The zero-order valence-electron chi connectivity index (χ0n) is 22.6. The number of rotatable bonds is 6. The largest absolute Gasteiger partial charge is 0.114 e. The summed E-state index contributed by atoms with van der Waals surface area (Å²) in [5.74, 6) is 0. The molecular formula is C36H36Si. The summed E-state index contributed by atoms with van der Waals surface area (Å²) in [6.07, 6.45) is 4.20. The van der Waals surface area contributed by atoms with E-state index >= 15 is 0 Å². The van der Waals surface area contributed by atoms with Gasteiger partial charge < -0.3 is 0 Å². The number of hydrogen-bond acceptors (Lipinski definition) is 0. The first-order chi connectivity index (χ1) is 18.0. The van der Waals surface area contributed by atoms with E-state index in [1.54, 1.807) is 21.5 Å². The molecule has 0 saturated carbocycles. The Morgan fingerprint density at radius 3 is 1.24 bits per heavy atom. The minimum atomic E-state index is -2.14. The lowest BCUT2D eigenvalue weighted by molar-refractivity contribution is 1.12. The van der Waals surface area contributed by atoms with Gasteiger partial charge in [0.2, 0.25) is 0 Å². The second kappa shape index (κ2) is 9.47. The summed E-state index contributed by atoms with van der Waals surface area (Å²) in [6, 6.07) is 36.6. The van der Waals surface area contributed by atoms with Crippen LogP contribution in [0.3, 0.4) is 0 Å². The van der Waals surface area contributed by atoms with E-state index < -0.39 is 8.07 Å². The molecule has 0 atom stereocenters. The molecule has 0 saturated heterocycles. The molecule has 0 fully saturated rings. The minimum Gasteiger partial charge on any atom is -0.0620 e. The third-order valence-electron chi connectivity index (χ3n) is 8.61. The second-order valence-corrected chi connectivity index (χ2v) is 15.3. The van der Waals surface area contributed by atoms with E-state index in [9.17, 15) is 0 Å². The molecule has 184 valence electrons. The molecule has 4 aromatic carbocycles. The first-order valence-corrected chi connectivity index (χ1v) is 16.8. The van der Waals surface area contributed by atoms with Crippen LogP contribution in [0.5, 0.6) is 0 Å². The summed E-state index contributed by atoms with van der Waals surface area (Å²) in [5.41, 5.74) is 14.9. The molecule has 4 aromatic rings. The van der Waals surface area contributed by atoms with Crippen molar-refractivity contribution in [3.8, 4) is 0 Å². The Balaban J connectivity index is 1.66. The SMILES string of the molecule is CCc1ccccc1C1=C([Si](C)(C)C2=C(c3ccccc3CC)Cc3ccccc32)c2ccccc2C1. The maximum atomic E-state index is 2.62. The van der Waals surface area contributed by atoms with Gasteiger partial charge in [-0.25, -0.2) is 0 Å². The summed E-state index contributed by atoms with van der Waals surface area (Å²) in [4.78, 5) is 0. The van der Waals surface area contributed by atoms with Gasteiger partial charge in [0.05, 0.1) is 0 Å². The summed E-state index contributed by atoms with van der Waals surface area (Å²) >= 11 is 0. The van der Waals surface area contributed by atoms with Gasteiger partial charge in [-0.2, -0.15) is 0 Å². The number of fused-ring (bicyclic) bond motifs is 2. The quantitative estimate of drug-likeness (QED) is 0.233. The van der Waals surface area contributed by atoms with Gasteiger partial charge in [-0.05, 0) is 91.7 Å². The maximum absolute atomic E-state index is 2.62. The normalized spacial score (nSPS) is 14.8. The maximum Gasteiger partial charge on any atom is 0.114 e. The fourth-order valence-corrected chi connectivity index (χ4v) is 11.0. The standard InChI is InChI=1S/C36H36Si/c1-5-25-15-7-11-19-29(25)33-23-27-17-9-13-21-31(27)35(33)37(3,4)36-32-22-14-10-18-28(32)24-34(36)30-20-12-8-16-26(30)6-2/h7-22H,5-6,23-24H2,1-4H3. The highest BCUT2D eigenvalue weighted by Gasteiger charge is 2.42. The number of benzene rings is 4. The van der Waals surface area contributed by atoms with Crippen molar-refractivity contribution in [1.29, 1.82) is 0 Å². The molecule has 2 aliphatic rings. The van der Waals surface area contributed by atoms with E-state index in [4.69, 9.17) is 0 Å². The van der Waals surface area contributed by atoms with Crippen LogP contribution in [-0.2, 0) is 25.7 Å². The lowest BCUT2D eigenvalue weighted by Gasteiger charge is -2.31. The topological polar surface area (TPSA) is 0 Å². The minimum absolute atomic E-state index is 1.04. The van der Waals surface area contributed by atoms with E-state index in [1.165, 1.54) is 44.5 Å². The molecule has 0 nitrogen and oxygen atoms in total. The molecule has 0 heterocycles. The van der Waals surface area contributed by atoms with Crippen LogP contribution in [0.2, 0.25) is 13.1 Å². The van der Waals surface area contributed by atoms with Crippen LogP contribution in [-0.4, -0.2) is 8.07 Å². The van der Waals surface area contributed by atoms with E-state index in [0.29, 0.717) is 0 Å². The predicted molar refractivity (Wildman–Crippen MR) is 163 cm³/mol. The third kappa shape index (κ3) is 3.88.